The van der Waals surface area contributed by atoms with Crippen LogP contribution in [0, 0.1) is 0 Å². The zero-order chi connectivity index (χ0) is 14.3. The molecule has 0 N–H and O–H groups in total. The summed E-state index contributed by atoms with van der Waals surface area (Å²) in [6.45, 7) is 0. The predicted octanol–water partition coefficient (Wildman–Crippen LogP) is -9.76. The van der Waals surface area contributed by atoms with Crippen molar-refractivity contribution in [1.82, 2.24) is 0 Å². The Morgan fingerprint density at radius 3 is 0.579 bits per heavy atom. The summed E-state index contributed by atoms with van der Waals surface area (Å²) in [4.78, 5) is 0. The van der Waals surface area contributed by atoms with Crippen LogP contribution >= 0.6 is 0 Å². The average molecular weight is 1330 g/mol. The van der Waals surface area contributed by atoms with Crippen LogP contribution in [0.4, 0.5) is 0 Å². The van der Waals surface area contributed by atoms with E-state index in [-0.39, 0.29) is 81.9 Å². The molecule has 0 fully saturated rings. The molecule has 19 heteroatoms. The van der Waals surface area contributed by atoms with Gasteiger partial charge >= 0.3 is 203 Å². The van der Waals surface area contributed by atoms with Crippen LogP contribution in [0.25, 0.3) is 0 Å². The summed E-state index contributed by atoms with van der Waals surface area (Å²) < 4.78 is 103. The van der Waals surface area contributed by atoms with E-state index in [4.69, 9.17) is 39.0 Å². The van der Waals surface area contributed by atoms with Crippen LogP contribution in [0.5, 0.6) is 0 Å². The Bertz CT molecular complexity index is 265. The average Bonchev–Trinajstić information content (AvgIpc) is 1.76. The van der Waals surface area contributed by atoms with Gasteiger partial charge in [0.1, 0.15) is 0 Å². The minimum absolute atomic E-state index is 0. The van der Waals surface area contributed by atoms with E-state index in [1.165, 1.54) is 0 Å². The van der Waals surface area contributed by atoms with E-state index < -0.39 is 81.6 Å². The Morgan fingerprint density at radius 1 is 0.579 bits per heavy atom. The summed E-state index contributed by atoms with van der Waals surface area (Å²) in [5, 5.41) is 0. The molecular formula is Bi2O12Pb3Ti2. The van der Waals surface area contributed by atoms with Crippen LogP contribution in [-0.2, 0) is 55.1 Å². The van der Waals surface area contributed by atoms with Crippen molar-refractivity contribution < 1.29 is 76.3 Å². The first-order chi connectivity index (χ1) is 6.93. The smallest absolute Gasteiger partial charge is 2.00 e. The van der Waals surface area contributed by atoms with Crippen LogP contribution in [0.15, 0.2) is 0 Å². The summed E-state index contributed by atoms with van der Waals surface area (Å²) in [7, 11) is 0. The van der Waals surface area contributed by atoms with E-state index in [1.54, 1.807) is 0 Å². The molecule has 0 unspecified atom stereocenters. The third kappa shape index (κ3) is 464. The molecule has 0 aliphatic rings. The van der Waals surface area contributed by atoms with E-state index >= 15 is 0 Å². The van der Waals surface area contributed by atoms with Crippen molar-refractivity contribution in [2.45, 2.75) is 0 Å². The molecule has 0 amide bonds. The molecule has 0 saturated heterocycles. The van der Waals surface area contributed by atoms with Gasteiger partial charge in [-0.2, -0.15) is 0 Å². The van der Waals surface area contributed by atoms with Gasteiger partial charge in [0.05, 0.1) is 0 Å². The molecule has 0 heterocycles. The Morgan fingerprint density at radius 2 is 0.579 bits per heavy atom. The molecule has 0 rings (SSSR count). The minimum Gasteiger partial charge on any atom is 2.00 e. The van der Waals surface area contributed by atoms with Crippen molar-refractivity contribution in [2.75, 3.05) is 0 Å². The molecule has 102 valence electrons. The molecule has 0 aliphatic carbocycles. The summed E-state index contributed by atoms with van der Waals surface area (Å²) in [5.74, 6) is 0. The molecule has 0 aromatic heterocycles. The molecule has 0 bridgehead atoms. The van der Waals surface area contributed by atoms with E-state index in [1.807, 2.05) is 0 Å². The monoisotopic (exact) mass is 1330 g/mol. The molecule has 0 aromatic rings. The topological polar surface area (TPSA) is 241 Å². The van der Waals surface area contributed by atoms with E-state index in [9.17, 15) is 0 Å². The van der Waals surface area contributed by atoms with Crippen molar-refractivity contribution in [1.29, 1.82) is 0 Å². The summed E-state index contributed by atoms with van der Waals surface area (Å²) in [6, 6.07) is 0. The van der Waals surface area contributed by atoms with Crippen molar-refractivity contribution in [3.05, 3.63) is 0 Å². The standard InChI is InChI=1S/2Bi.12O.3Pb.2Ti/q;;;;;;;;6*-1;3*+2;;. The summed E-state index contributed by atoms with van der Waals surface area (Å²) >= 11 is -16.9. The summed E-state index contributed by atoms with van der Waals surface area (Å²) in [6.07, 6.45) is 0. The SMILES string of the molecule is [O]=[Bi](=[O])[O-].[O]=[Bi](=[O])[O-].[O]=[Ti]([O-])[O-].[O]=[Ti]([O-])[O-].[Pb+2].[Pb+2].[Pb+2]. The maximum absolute atomic E-state index is 8.62. The Kier molecular flexibility index (Phi) is 87.9. The molecular weight excluding hydrogens is 1330 g/mol. The van der Waals surface area contributed by atoms with Gasteiger partial charge in [0.15, 0.2) is 0 Å². The van der Waals surface area contributed by atoms with Crippen molar-refractivity contribution in [3.63, 3.8) is 0 Å². The van der Waals surface area contributed by atoms with Gasteiger partial charge < -0.3 is 0 Å². The minimum atomic E-state index is -4.34. The van der Waals surface area contributed by atoms with Gasteiger partial charge in [-0.05, 0) is 0 Å². The predicted molar refractivity (Wildman–Crippen MR) is 32.9 cm³/mol. The molecule has 0 atom stereocenters. The Hall–Kier alpha value is 4.52. The maximum atomic E-state index is 8.62. The zero-order valence-corrected chi connectivity index (χ0v) is 30.0. The third-order valence-electron chi connectivity index (χ3n) is 0. The van der Waals surface area contributed by atoms with Crippen molar-refractivity contribution in [2.24, 2.45) is 0 Å². The second-order valence-electron chi connectivity index (χ2n) is 0.947. The summed E-state index contributed by atoms with van der Waals surface area (Å²) in [5.41, 5.74) is 0. The van der Waals surface area contributed by atoms with Gasteiger partial charge in [-0.15, -0.1) is 0 Å². The van der Waals surface area contributed by atoms with E-state index in [2.05, 4.69) is 0 Å². The fourth-order valence-electron chi connectivity index (χ4n) is 0. The molecule has 0 saturated carbocycles. The number of hydrogen-bond acceptors (Lipinski definition) is 12. The largest absolute Gasteiger partial charge is 2.00 e. The van der Waals surface area contributed by atoms with Crippen LogP contribution in [0.1, 0.15) is 0 Å². The molecule has 12 nitrogen and oxygen atoms in total. The van der Waals surface area contributed by atoms with Gasteiger partial charge in [0.25, 0.3) is 0 Å². The molecule has 0 spiro atoms. The van der Waals surface area contributed by atoms with E-state index in [0.29, 0.717) is 0 Å². The fourth-order valence-corrected chi connectivity index (χ4v) is 0. The molecule has 0 aromatic carbocycles. The first-order valence-corrected chi connectivity index (χ1v) is 14.7. The van der Waals surface area contributed by atoms with Crippen LogP contribution in [0.2, 0.25) is 0 Å². The first kappa shape index (κ1) is 43.7. The van der Waals surface area contributed by atoms with Crippen LogP contribution in [0.3, 0.4) is 0 Å². The second kappa shape index (κ2) is 38.2. The van der Waals surface area contributed by atoms with Gasteiger partial charge in [0, 0.05) is 0 Å². The Balaban J connectivity index is -0.0000000192. The van der Waals surface area contributed by atoms with Gasteiger partial charge in [-0.3, -0.25) is 0 Å². The normalized spacial score (nSPS) is 5.37. The van der Waals surface area contributed by atoms with Crippen LogP contribution < -0.4 is 21.1 Å². The van der Waals surface area contributed by atoms with Crippen molar-refractivity contribution in [3.8, 4) is 0 Å². The fraction of sp³-hybridized carbons (Fsp3) is 0. The number of rotatable bonds is 0. The third-order valence-corrected chi connectivity index (χ3v) is 0. The van der Waals surface area contributed by atoms with Crippen LogP contribution in [-0.4, -0.2) is 126 Å². The molecule has 6 radical (unpaired) electrons. The maximum Gasteiger partial charge on any atom is 2.00 e. The molecule has 0 aliphatic heterocycles. The molecule has 19 heavy (non-hydrogen) atoms. The zero-order valence-electron chi connectivity index (χ0n) is 8.29. The first-order valence-electron chi connectivity index (χ1n) is 2.32. The second-order valence-corrected chi connectivity index (χ2v) is 5.99. The number of hydrogen-bond donors (Lipinski definition) is 0. The van der Waals surface area contributed by atoms with Gasteiger partial charge in [-0.25, -0.2) is 0 Å². The quantitative estimate of drug-likeness (QED) is 0.206. The van der Waals surface area contributed by atoms with Crippen molar-refractivity contribution >= 4 is 126 Å². The van der Waals surface area contributed by atoms with E-state index in [0.717, 1.165) is 0 Å². The van der Waals surface area contributed by atoms with Gasteiger partial charge in [0.2, 0.25) is 0 Å². The van der Waals surface area contributed by atoms with Gasteiger partial charge in [-0.1, -0.05) is 0 Å². The Labute approximate surface area is 198 Å².